The van der Waals surface area contributed by atoms with Crippen LogP contribution in [0.4, 0.5) is 4.39 Å². The summed E-state index contributed by atoms with van der Waals surface area (Å²) in [6.45, 7) is 7.30. The third-order valence-corrected chi connectivity index (χ3v) is 4.21. The SMILES string of the molecule is CCC(CC(=O)N1C(C)COCC1C)c1ccc(F)cc1. The van der Waals surface area contributed by atoms with E-state index in [0.29, 0.717) is 19.6 Å². The highest BCUT2D eigenvalue weighted by molar-refractivity contribution is 5.78. The van der Waals surface area contributed by atoms with E-state index in [-0.39, 0.29) is 29.7 Å². The molecule has 21 heavy (non-hydrogen) atoms. The zero-order valence-electron chi connectivity index (χ0n) is 13.0. The van der Waals surface area contributed by atoms with Gasteiger partial charge in [0, 0.05) is 6.42 Å². The molecule has 1 aromatic carbocycles. The molecule has 1 aromatic rings. The van der Waals surface area contributed by atoms with E-state index in [2.05, 4.69) is 6.92 Å². The van der Waals surface area contributed by atoms with Gasteiger partial charge >= 0.3 is 0 Å². The third kappa shape index (κ3) is 3.82. The summed E-state index contributed by atoms with van der Waals surface area (Å²) < 4.78 is 18.5. The number of carbonyl (C=O) groups excluding carboxylic acids is 1. The molecule has 2 rings (SSSR count). The summed E-state index contributed by atoms with van der Waals surface area (Å²) in [5.74, 6) is 0.0603. The molecule has 1 aliphatic rings. The molecule has 1 fully saturated rings. The second-order valence-electron chi connectivity index (χ2n) is 5.90. The van der Waals surface area contributed by atoms with Gasteiger partial charge in [-0.05, 0) is 43.9 Å². The maximum atomic E-state index is 13.0. The molecule has 1 aliphatic heterocycles. The number of halogens is 1. The summed E-state index contributed by atoms with van der Waals surface area (Å²) in [6.07, 6.45) is 1.33. The highest BCUT2D eigenvalue weighted by atomic mass is 19.1. The second kappa shape index (κ2) is 7.03. The Morgan fingerprint density at radius 1 is 1.29 bits per heavy atom. The first-order valence-electron chi connectivity index (χ1n) is 7.67. The number of benzene rings is 1. The van der Waals surface area contributed by atoms with Gasteiger partial charge in [-0.1, -0.05) is 19.1 Å². The Kier molecular flexibility index (Phi) is 5.34. The van der Waals surface area contributed by atoms with Crippen molar-refractivity contribution in [3.05, 3.63) is 35.6 Å². The topological polar surface area (TPSA) is 29.5 Å². The molecule has 116 valence electrons. The predicted octanol–water partition coefficient (Wildman–Crippen LogP) is 3.35. The molecular formula is C17H24FNO2. The Morgan fingerprint density at radius 3 is 2.38 bits per heavy atom. The summed E-state index contributed by atoms with van der Waals surface area (Å²) in [4.78, 5) is 14.6. The zero-order valence-corrected chi connectivity index (χ0v) is 13.0. The lowest BCUT2D eigenvalue weighted by Crippen LogP contribution is -2.52. The lowest BCUT2D eigenvalue weighted by atomic mass is 9.92. The number of hydrogen-bond donors (Lipinski definition) is 0. The van der Waals surface area contributed by atoms with E-state index in [1.165, 1.54) is 12.1 Å². The molecule has 0 aromatic heterocycles. The second-order valence-corrected chi connectivity index (χ2v) is 5.90. The van der Waals surface area contributed by atoms with Gasteiger partial charge in [0.05, 0.1) is 25.3 Å². The van der Waals surface area contributed by atoms with Crippen LogP contribution in [0.2, 0.25) is 0 Å². The van der Waals surface area contributed by atoms with Crippen molar-refractivity contribution in [2.75, 3.05) is 13.2 Å². The largest absolute Gasteiger partial charge is 0.377 e. The Labute approximate surface area is 126 Å². The highest BCUT2D eigenvalue weighted by Gasteiger charge is 2.30. The van der Waals surface area contributed by atoms with Crippen LogP contribution >= 0.6 is 0 Å². The Balaban J connectivity index is 2.07. The summed E-state index contributed by atoms with van der Waals surface area (Å²) >= 11 is 0. The van der Waals surface area contributed by atoms with Gasteiger partial charge in [0.15, 0.2) is 0 Å². The first-order valence-corrected chi connectivity index (χ1v) is 7.67. The van der Waals surface area contributed by atoms with E-state index in [1.807, 2.05) is 18.7 Å². The van der Waals surface area contributed by atoms with Crippen LogP contribution in [0.5, 0.6) is 0 Å². The van der Waals surface area contributed by atoms with Crippen molar-refractivity contribution in [2.45, 2.75) is 51.6 Å². The average Bonchev–Trinajstić information content (AvgIpc) is 2.45. The summed E-state index contributed by atoms with van der Waals surface area (Å²) in [5, 5.41) is 0. The van der Waals surface area contributed by atoms with Crippen LogP contribution in [0.3, 0.4) is 0 Å². The van der Waals surface area contributed by atoms with E-state index in [0.717, 1.165) is 12.0 Å². The minimum Gasteiger partial charge on any atom is -0.377 e. The van der Waals surface area contributed by atoms with Gasteiger partial charge in [-0.25, -0.2) is 4.39 Å². The first kappa shape index (κ1) is 16.0. The minimum absolute atomic E-state index is 0.118. The van der Waals surface area contributed by atoms with Crippen molar-refractivity contribution < 1.29 is 13.9 Å². The molecule has 3 atom stereocenters. The van der Waals surface area contributed by atoms with Crippen LogP contribution in [-0.4, -0.2) is 36.1 Å². The molecule has 1 amide bonds. The fourth-order valence-electron chi connectivity index (χ4n) is 3.04. The van der Waals surface area contributed by atoms with Gasteiger partial charge < -0.3 is 9.64 Å². The fourth-order valence-corrected chi connectivity index (χ4v) is 3.04. The van der Waals surface area contributed by atoms with E-state index in [4.69, 9.17) is 4.74 Å². The lowest BCUT2D eigenvalue weighted by molar-refractivity contribution is -0.144. The molecule has 1 heterocycles. The predicted molar refractivity (Wildman–Crippen MR) is 80.6 cm³/mol. The fraction of sp³-hybridized carbons (Fsp3) is 0.588. The molecule has 0 radical (unpaired) electrons. The molecule has 0 N–H and O–H groups in total. The van der Waals surface area contributed by atoms with E-state index in [1.54, 1.807) is 12.1 Å². The Bertz CT molecular complexity index is 464. The number of nitrogens with zero attached hydrogens (tertiary/aromatic N) is 1. The molecule has 3 unspecified atom stereocenters. The van der Waals surface area contributed by atoms with Crippen molar-refractivity contribution in [1.82, 2.24) is 4.90 Å². The van der Waals surface area contributed by atoms with Crippen LogP contribution in [0, 0.1) is 5.82 Å². The van der Waals surface area contributed by atoms with Crippen LogP contribution in [0.25, 0.3) is 0 Å². The summed E-state index contributed by atoms with van der Waals surface area (Å²) in [7, 11) is 0. The van der Waals surface area contributed by atoms with E-state index >= 15 is 0 Å². The van der Waals surface area contributed by atoms with E-state index < -0.39 is 0 Å². The molecule has 0 aliphatic carbocycles. The maximum Gasteiger partial charge on any atom is 0.223 e. The smallest absolute Gasteiger partial charge is 0.223 e. The van der Waals surface area contributed by atoms with E-state index in [9.17, 15) is 9.18 Å². The quantitative estimate of drug-likeness (QED) is 0.852. The standard InChI is InChI=1S/C17H24FNO2/c1-4-14(15-5-7-16(18)8-6-15)9-17(20)19-12(2)10-21-11-13(19)3/h5-8,12-14H,4,9-11H2,1-3H3. The summed E-state index contributed by atoms with van der Waals surface area (Å²) in [6, 6.07) is 6.72. The molecule has 3 nitrogen and oxygen atoms in total. The van der Waals surface area contributed by atoms with Crippen molar-refractivity contribution >= 4 is 5.91 Å². The van der Waals surface area contributed by atoms with Crippen LogP contribution < -0.4 is 0 Å². The Hall–Kier alpha value is -1.42. The maximum absolute atomic E-state index is 13.0. The molecular weight excluding hydrogens is 269 g/mol. The van der Waals surface area contributed by atoms with Crippen LogP contribution in [0.15, 0.2) is 24.3 Å². The van der Waals surface area contributed by atoms with Gasteiger partial charge in [0.1, 0.15) is 5.82 Å². The minimum atomic E-state index is -0.240. The summed E-state index contributed by atoms with van der Waals surface area (Å²) in [5.41, 5.74) is 1.03. The first-order chi connectivity index (χ1) is 10.0. The van der Waals surface area contributed by atoms with Crippen LogP contribution in [0.1, 0.15) is 45.1 Å². The van der Waals surface area contributed by atoms with Gasteiger partial charge in [0.25, 0.3) is 0 Å². The molecule has 4 heteroatoms. The molecule has 0 spiro atoms. The number of ether oxygens (including phenoxy) is 1. The molecule has 0 bridgehead atoms. The average molecular weight is 293 g/mol. The number of amides is 1. The third-order valence-electron chi connectivity index (χ3n) is 4.21. The normalized spacial score (nSPS) is 23.9. The monoisotopic (exact) mass is 293 g/mol. The lowest BCUT2D eigenvalue weighted by Gasteiger charge is -2.39. The van der Waals surface area contributed by atoms with Crippen LogP contribution in [-0.2, 0) is 9.53 Å². The Morgan fingerprint density at radius 2 is 1.86 bits per heavy atom. The van der Waals surface area contributed by atoms with Crippen molar-refractivity contribution in [1.29, 1.82) is 0 Å². The zero-order chi connectivity index (χ0) is 15.4. The van der Waals surface area contributed by atoms with Crippen molar-refractivity contribution in [3.63, 3.8) is 0 Å². The van der Waals surface area contributed by atoms with Gasteiger partial charge in [-0.3, -0.25) is 4.79 Å². The van der Waals surface area contributed by atoms with Gasteiger partial charge in [-0.15, -0.1) is 0 Å². The molecule has 1 saturated heterocycles. The number of carbonyl (C=O) groups is 1. The van der Waals surface area contributed by atoms with Crippen molar-refractivity contribution in [2.24, 2.45) is 0 Å². The number of rotatable bonds is 4. The van der Waals surface area contributed by atoms with Gasteiger partial charge in [-0.2, -0.15) is 0 Å². The van der Waals surface area contributed by atoms with Crippen molar-refractivity contribution in [3.8, 4) is 0 Å². The highest BCUT2D eigenvalue weighted by Crippen LogP contribution is 2.26. The number of morpholine rings is 1. The van der Waals surface area contributed by atoms with Gasteiger partial charge in [0.2, 0.25) is 5.91 Å². The number of hydrogen-bond acceptors (Lipinski definition) is 2. The molecule has 0 saturated carbocycles.